The molecule has 0 saturated carbocycles. The van der Waals surface area contributed by atoms with E-state index in [9.17, 15) is 0 Å². The Morgan fingerprint density at radius 2 is 2.08 bits per heavy atom. The van der Waals surface area contributed by atoms with E-state index in [1.807, 2.05) is 31.2 Å². The standard InChI is InChI=1S/C22H24N2O2/c1-5-8-15-25-21-13-12-19(16-24-21)26-22-20(11-9-14-23-22)17(4)18(7-3)10-6-2/h6,9-14,16H,7,15H2,1-4H3/b10-6-,18-17+. The zero-order chi connectivity index (χ0) is 18.8. The molecule has 2 rings (SSSR count). The van der Waals surface area contributed by atoms with Gasteiger partial charge in [0.15, 0.2) is 6.61 Å². The number of allylic oxidation sites excluding steroid dienone is 4. The van der Waals surface area contributed by atoms with Crippen molar-refractivity contribution in [2.75, 3.05) is 6.61 Å². The van der Waals surface area contributed by atoms with Gasteiger partial charge in [-0.1, -0.05) is 25.0 Å². The van der Waals surface area contributed by atoms with Crippen molar-refractivity contribution in [3.8, 4) is 29.4 Å². The minimum atomic E-state index is 0.322. The summed E-state index contributed by atoms with van der Waals surface area (Å²) in [4.78, 5) is 8.63. The molecule has 0 unspecified atom stereocenters. The molecule has 0 radical (unpaired) electrons. The fourth-order valence-electron chi connectivity index (χ4n) is 2.45. The Balaban J connectivity index is 2.23. The SMILES string of the molecule is CC#CCOc1ccc(Oc2ncccc2/C(C)=C(/C=C\C)CC)cn1. The fourth-order valence-corrected chi connectivity index (χ4v) is 2.45. The summed E-state index contributed by atoms with van der Waals surface area (Å²) in [5.74, 6) is 7.29. The van der Waals surface area contributed by atoms with E-state index in [1.54, 1.807) is 25.4 Å². The van der Waals surface area contributed by atoms with Gasteiger partial charge in [0.25, 0.3) is 0 Å². The van der Waals surface area contributed by atoms with E-state index in [0.29, 0.717) is 24.1 Å². The maximum absolute atomic E-state index is 5.97. The van der Waals surface area contributed by atoms with Gasteiger partial charge in [-0.05, 0) is 56.5 Å². The van der Waals surface area contributed by atoms with Crippen LogP contribution >= 0.6 is 0 Å². The van der Waals surface area contributed by atoms with Crippen molar-refractivity contribution >= 4 is 5.57 Å². The molecule has 0 saturated heterocycles. The van der Waals surface area contributed by atoms with Crippen molar-refractivity contribution in [2.24, 2.45) is 0 Å². The van der Waals surface area contributed by atoms with E-state index in [0.717, 1.165) is 17.6 Å². The van der Waals surface area contributed by atoms with Crippen molar-refractivity contribution in [3.05, 3.63) is 59.9 Å². The summed E-state index contributed by atoms with van der Waals surface area (Å²) in [6.07, 6.45) is 8.46. The summed E-state index contributed by atoms with van der Waals surface area (Å²) in [6, 6.07) is 7.50. The quantitative estimate of drug-likeness (QED) is 0.494. The lowest BCUT2D eigenvalue weighted by atomic mass is 10.0. The molecule has 0 bridgehead atoms. The van der Waals surface area contributed by atoms with Crippen LogP contribution in [0.25, 0.3) is 5.57 Å². The van der Waals surface area contributed by atoms with Crippen LogP contribution in [0.15, 0.2) is 54.4 Å². The third-order valence-corrected chi connectivity index (χ3v) is 3.80. The Morgan fingerprint density at radius 3 is 2.73 bits per heavy atom. The van der Waals surface area contributed by atoms with Crippen LogP contribution in [0.4, 0.5) is 0 Å². The maximum Gasteiger partial charge on any atom is 0.226 e. The summed E-state index contributed by atoms with van der Waals surface area (Å²) >= 11 is 0. The highest BCUT2D eigenvalue weighted by atomic mass is 16.5. The van der Waals surface area contributed by atoms with Crippen molar-refractivity contribution in [1.82, 2.24) is 9.97 Å². The second-order valence-electron chi connectivity index (χ2n) is 5.51. The Morgan fingerprint density at radius 1 is 1.23 bits per heavy atom. The van der Waals surface area contributed by atoms with Crippen LogP contribution in [0.1, 0.15) is 39.7 Å². The predicted molar refractivity (Wildman–Crippen MR) is 105 cm³/mol. The summed E-state index contributed by atoms with van der Waals surface area (Å²) in [6.45, 7) is 8.34. The molecule has 0 spiro atoms. The lowest BCUT2D eigenvalue weighted by Crippen LogP contribution is -1.97. The highest BCUT2D eigenvalue weighted by molar-refractivity contribution is 5.72. The number of rotatable bonds is 7. The molecule has 26 heavy (non-hydrogen) atoms. The monoisotopic (exact) mass is 348 g/mol. The Kier molecular flexibility index (Phi) is 7.45. The summed E-state index contributed by atoms with van der Waals surface area (Å²) in [7, 11) is 0. The topological polar surface area (TPSA) is 44.2 Å². The van der Waals surface area contributed by atoms with Gasteiger partial charge >= 0.3 is 0 Å². The molecule has 0 aliphatic heterocycles. The van der Waals surface area contributed by atoms with Crippen LogP contribution in [0.2, 0.25) is 0 Å². The van der Waals surface area contributed by atoms with Gasteiger partial charge < -0.3 is 9.47 Å². The van der Waals surface area contributed by atoms with Gasteiger partial charge in [0.05, 0.1) is 6.20 Å². The van der Waals surface area contributed by atoms with Crippen LogP contribution in [0.3, 0.4) is 0 Å². The van der Waals surface area contributed by atoms with Gasteiger partial charge in [-0.15, -0.1) is 5.92 Å². The molecule has 2 heterocycles. The van der Waals surface area contributed by atoms with Gasteiger partial charge in [0, 0.05) is 17.8 Å². The number of ether oxygens (including phenoxy) is 2. The largest absolute Gasteiger partial charge is 0.464 e. The van der Waals surface area contributed by atoms with Gasteiger partial charge in [-0.3, -0.25) is 0 Å². The minimum absolute atomic E-state index is 0.322. The first-order valence-corrected chi connectivity index (χ1v) is 8.63. The van der Waals surface area contributed by atoms with E-state index >= 15 is 0 Å². The smallest absolute Gasteiger partial charge is 0.226 e. The lowest BCUT2D eigenvalue weighted by molar-refractivity contribution is 0.353. The third-order valence-electron chi connectivity index (χ3n) is 3.80. The third kappa shape index (κ3) is 5.22. The highest BCUT2D eigenvalue weighted by Gasteiger charge is 2.10. The molecule has 134 valence electrons. The van der Waals surface area contributed by atoms with Crippen molar-refractivity contribution in [1.29, 1.82) is 0 Å². The molecular formula is C22H24N2O2. The Bertz CT molecular complexity index is 840. The summed E-state index contributed by atoms with van der Waals surface area (Å²) < 4.78 is 11.4. The van der Waals surface area contributed by atoms with Gasteiger partial charge in [-0.25, -0.2) is 9.97 Å². The molecule has 0 aliphatic rings. The molecule has 0 atom stereocenters. The lowest BCUT2D eigenvalue weighted by Gasteiger charge is -2.12. The number of aromatic nitrogens is 2. The first-order chi connectivity index (χ1) is 12.7. The molecule has 0 fully saturated rings. The number of hydrogen-bond acceptors (Lipinski definition) is 4. The molecule has 0 aliphatic carbocycles. The van der Waals surface area contributed by atoms with Crippen molar-refractivity contribution in [2.45, 2.75) is 34.1 Å². The first kappa shape index (κ1) is 19.3. The van der Waals surface area contributed by atoms with E-state index in [4.69, 9.17) is 9.47 Å². The average molecular weight is 348 g/mol. The molecule has 0 N–H and O–H groups in total. The van der Waals surface area contributed by atoms with Crippen LogP contribution in [0.5, 0.6) is 17.5 Å². The summed E-state index contributed by atoms with van der Waals surface area (Å²) in [5, 5.41) is 0. The van der Waals surface area contributed by atoms with Gasteiger partial charge in [-0.2, -0.15) is 0 Å². The van der Waals surface area contributed by atoms with Crippen molar-refractivity contribution < 1.29 is 9.47 Å². The van der Waals surface area contributed by atoms with Gasteiger partial charge in [0.2, 0.25) is 11.8 Å². The Hall–Kier alpha value is -3.06. The number of hydrogen-bond donors (Lipinski definition) is 0. The van der Waals surface area contributed by atoms with E-state index in [-0.39, 0.29) is 0 Å². The molecule has 2 aromatic heterocycles. The molecule has 2 aromatic rings. The highest BCUT2D eigenvalue weighted by Crippen LogP contribution is 2.31. The predicted octanol–water partition coefficient (Wildman–Crippen LogP) is 5.43. The number of pyridine rings is 2. The maximum atomic E-state index is 5.97. The van der Waals surface area contributed by atoms with E-state index < -0.39 is 0 Å². The van der Waals surface area contributed by atoms with Crippen molar-refractivity contribution in [3.63, 3.8) is 0 Å². The Labute approximate surface area is 155 Å². The second kappa shape index (κ2) is 10.0. The minimum Gasteiger partial charge on any atom is -0.464 e. The van der Waals surface area contributed by atoms with Gasteiger partial charge in [0.1, 0.15) is 5.75 Å². The van der Waals surface area contributed by atoms with Crippen LogP contribution in [-0.2, 0) is 0 Å². The number of nitrogens with zero attached hydrogens (tertiary/aromatic N) is 2. The normalized spacial score (nSPS) is 11.5. The zero-order valence-corrected chi connectivity index (χ0v) is 15.7. The van der Waals surface area contributed by atoms with E-state index in [2.05, 4.69) is 41.7 Å². The molecular weight excluding hydrogens is 324 g/mol. The molecule has 0 aromatic carbocycles. The zero-order valence-electron chi connectivity index (χ0n) is 15.7. The molecule has 0 amide bonds. The fraction of sp³-hybridized carbons (Fsp3) is 0.273. The average Bonchev–Trinajstić information content (AvgIpc) is 2.67. The van der Waals surface area contributed by atoms with Crippen LogP contribution < -0.4 is 9.47 Å². The van der Waals surface area contributed by atoms with E-state index in [1.165, 1.54) is 5.57 Å². The first-order valence-electron chi connectivity index (χ1n) is 8.63. The second-order valence-corrected chi connectivity index (χ2v) is 5.51. The van der Waals surface area contributed by atoms with Crippen LogP contribution in [-0.4, -0.2) is 16.6 Å². The van der Waals surface area contributed by atoms with Crippen LogP contribution in [0, 0.1) is 11.8 Å². The molecule has 4 nitrogen and oxygen atoms in total. The molecule has 4 heteroatoms. The summed E-state index contributed by atoms with van der Waals surface area (Å²) in [5.41, 5.74) is 3.38.